The number of nitrogens with zero attached hydrogens (tertiary/aromatic N) is 1. The van der Waals surface area contributed by atoms with Crippen LogP contribution in [0.5, 0.6) is 0 Å². The number of piperidine rings is 1. The lowest BCUT2D eigenvalue weighted by molar-refractivity contribution is -0.138. The molecule has 0 aromatic carbocycles. The first-order valence-electron chi connectivity index (χ1n) is 6.42. The number of nitrogens with two attached hydrogens (primary N) is 1. The third kappa shape index (κ3) is 2.78. The Kier molecular flexibility index (Phi) is 3.90. The Bertz CT molecular complexity index is 495. The third-order valence-corrected chi connectivity index (χ3v) is 3.49. The molecule has 1 aliphatic rings. The Balaban J connectivity index is 2.11. The smallest absolute Gasteiger partial charge is 0.268 e. The van der Waals surface area contributed by atoms with Crippen molar-refractivity contribution < 1.29 is 14.0 Å². The van der Waals surface area contributed by atoms with E-state index in [0.29, 0.717) is 23.6 Å². The molecular formula is C13H19N3O3. The van der Waals surface area contributed by atoms with Gasteiger partial charge in [0.05, 0.1) is 12.1 Å². The fourth-order valence-electron chi connectivity index (χ4n) is 2.40. The van der Waals surface area contributed by atoms with Gasteiger partial charge in [-0.1, -0.05) is 6.92 Å². The highest BCUT2D eigenvalue weighted by Crippen LogP contribution is 2.21. The summed E-state index contributed by atoms with van der Waals surface area (Å²) in [6, 6.07) is 1.64. The van der Waals surface area contributed by atoms with Crippen LogP contribution in [0.1, 0.15) is 41.6 Å². The standard InChI is InChI=1S/C13H19N3O3/c1-8-4-3-5-16(13(8)18)7-10-6-11(9(2)19-10)12(17)15-14/h6,8H,3-5,7,14H2,1-2H3,(H,15,17). The maximum Gasteiger partial charge on any atom is 0.268 e. The van der Waals surface area contributed by atoms with Crippen molar-refractivity contribution in [3.05, 3.63) is 23.2 Å². The molecule has 1 aromatic rings. The van der Waals surface area contributed by atoms with Crippen LogP contribution < -0.4 is 11.3 Å². The number of rotatable bonds is 3. The predicted octanol–water partition coefficient (Wildman–Crippen LogP) is 0.950. The van der Waals surface area contributed by atoms with E-state index in [-0.39, 0.29) is 17.7 Å². The Morgan fingerprint density at radius 2 is 2.37 bits per heavy atom. The molecule has 19 heavy (non-hydrogen) atoms. The van der Waals surface area contributed by atoms with Crippen LogP contribution in [0.25, 0.3) is 0 Å². The van der Waals surface area contributed by atoms with Gasteiger partial charge in [0.1, 0.15) is 11.5 Å². The number of nitrogen functional groups attached to an aromatic ring is 1. The predicted molar refractivity (Wildman–Crippen MR) is 68.9 cm³/mol. The average Bonchev–Trinajstić information content (AvgIpc) is 2.75. The van der Waals surface area contributed by atoms with Crippen molar-refractivity contribution in [2.75, 3.05) is 6.54 Å². The van der Waals surface area contributed by atoms with Gasteiger partial charge in [-0.25, -0.2) is 5.84 Å². The minimum atomic E-state index is -0.383. The lowest BCUT2D eigenvalue weighted by Gasteiger charge is -2.29. The second-order valence-corrected chi connectivity index (χ2v) is 4.96. The molecule has 2 rings (SSSR count). The van der Waals surface area contributed by atoms with Crippen LogP contribution in [0, 0.1) is 12.8 Å². The summed E-state index contributed by atoms with van der Waals surface area (Å²) >= 11 is 0. The van der Waals surface area contributed by atoms with Crippen LogP contribution in [0.2, 0.25) is 0 Å². The molecule has 1 unspecified atom stereocenters. The highest BCUT2D eigenvalue weighted by atomic mass is 16.3. The molecule has 1 atom stereocenters. The van der Waals surface area contributed by atoms with Gasteiger partial charge < -0.3 is 9.32 Å². The molecule has 1 saturated heterocycles. The lowest BCUT2D eigenvalue weighted by Crippen LogP contribution is -2.39. The fourth-order valence-corrected chi connectivity index (χ4v) is 2.40. The second-order valence-electron chi connectivity index (χ2n) is 4.96. The minimum absolute atomic E-state index is 0.0663. The number of nitrogens with one attached hydrogen (secondary N) is 1. The van der Waals surface area contributed by atoms with E-state index in [0.717, 1.165) is 19.4 Å². The summed E-state index contributed by atoms with van der Waals surface area (Å²) in [5.74, 6) is 6.05. The second kappa shape index (κ2) is 5.44. The summed E-state index contributed by atoms with van der Waals surface area (Å²) in [4.78, 5) is 25.3. The number of furan rings is 1. The molecule has 104 valence electrons. The minimum Gasteiger partial charge on any atom is -0.464 e. The summed E-state index contributed by atoms with van der Waals surface area (Å²) in [5, 5.41) is 0. The summed E-state index contributed by atoms with van der Waals surface area (Å²) in [6.07, 6.45) is 1.94. The first-order chi connectivity index (χ1) is 9.02. The summed E-state index contributed by atoms with van der Waals surface area (Å²) < 4.78 is 5.51. The highest BCUT2D eigenvalue weighted by molar-refractivity contribution is 5.94. The molecule has 0 aliphatic carbocycles. The number of carbonyl (C=O) groups is 2. The Morgan fingerprint density at radius 3 is 3.05 bits per heavy atom. The molecule has 0 radical (unpaired) electrons. The molecule has 3 N–H and O–H groups in total. The summed E-state index contributed by atoms with van der Waals surface area (Å²) in [7, 11) is 0. The molecule has 0 spiro atoms. The van der Waals surface area contributed by atoms with Crippen molar-refractivity contribution in [2.24, 2.45) is 11.8 Å². The third-order valence-electron chi connectivity index (χ3n) is 3.49. The van der Waals surface area contributed by atoms with Gasteiger partial charge in [-0.15, -0.1) is 0 Å². The number of hydrogen-bond donors (Lipinski definition) is 2. The molecule has 1 aliphatic heterocycles. The van der Waals surface area contributed by atoms with Gasteiger partial charge in [0.2, 0.25) is 5.91 Å². The van der Waals surface area contributed by atoms with E-state index in [1.165, 1.54) is 0 Å². The van der Waals surface area contributed by atoms with Gasteiger partial charge >= 0.3 is 0 Å². The van der Waals surface area contributed by atoms with Crippen molar-refractivity contribution in [3.8, 4) is 0 Å². The van der Waals surface area contributed by atoms with Crippen LogP contribution in [0.4, 0.5) is 0 Å². The Hall–Kier alpha value is -1.82. The number of hydrazine groups is 1. The number of carbonyl (C=O) groups excluding carboxylic acids is 2. The van der Waals surface area contributed by atoms with E-state index in [9.17, 15) is 9.59 Å². The van der Waals surface area contributed by atoms with E-state index in [1.54, 1.807) is 17.9 Å². The first kappa shape index (κ1) is 13.6. The molecule has 0 saturated carbocycles. The number of likely N-dealkylation sites (tertiary alicyclic amines) is 1. The van der Waals surface area contributed by atoms with Gasteiger partial charge in [0.25, 0.3) is 5.91 Å². The number of amides is 2. The zero-order valence-corrected chi connectivity index (χ0v) is 11.2. The highest BCUT2D eigenvalue weighted by Gasteiger charge is 2.26. The van der Waals surface area contributed by atoms with E-state index in [4.69, 9.17) is 10.3 Å². The van der Waals surface area contributed by atoms with E-state index >= 15 is 0 Å². The van der Waals surface area contributed by atoms with Gasteiger partial charge in [0.15, 0.2) is 0 Å². The summed E-state index contributed by atoms with van der Waals surface area (Å²) in [5.41, 5.74) is 2.49. The zero-order valence-electron chi connectivity index (χ0n) is 11.2. The number of aryl methyl sites for hydroxylation is 1. The molecule has 2 heterocycles. The lowest BCUT2D eigenvalue weighted by atomic mass is 9.99. The molecule has 6 nitrogen and oxygen atoms in total. The van der Waals surface area contributed by atoms with Crippen molar-refractivity contribution in [1.29, 1.82) is 0 Å². The SMILES string of the molecule is Cc1oc(CN2CCCC(C)C2=O)cc1C(=O)NN. The Labute approximate surface area is 111 Å². The monoisotopic (exact) mass is 265 g/mol. The Morgan fingerprint density at radius 1 is 1.63 bits per heavy atom. The quantitative estimate of drug-likeness (QED) is 0.484. The van der Waals surface area contributed by atoms with Gasteiger partial charge in [-0.2, -0.15) is 0 Å². The normalized spacial score (nSPS) is 19.6. The van der Waals surface area contributed by atoms with Crippen molar-refractivity contribution in [2.45, 2.75) is 33.2 Å². The fraction of sp³-hybridized carbons (Fsp3) is 0.538. The van der Waals surface area contributed by atoms with Crippen molar-refractivity contribution in [3.63, 3.8) is 0 Å². The van der Waals surface area contributed by atoms with E-state index in [2.05, 4.69) is 5.43 Å². The van der Waals surface area contributed by atoms with Crippen LogP contribution >= 0.6 is 0 Å². The van der Waals surface area contributed by atoms with Crippen LogP contribution in [0.3, 0.4) is 0 Å². The molecule has 2 amide bonds. The largest absolute Gasteiger partial charge is 0.464 e. The first-order valence-corrected chi connectivity index (χ1v) is 6.42. The van der Waals surface area contributed by atoms with Crippen molar-refractivity contribution >= 4 is 11.8 Å². The van der Waals surface area contributed by atoms with Crippen LogP contribution in [-0.2, 0) is 11.3 Å². The van der Waals surface area contributed by atoms with Crippen LogP contribution in [0.15, 0.2) is 10.5 Å². The van der Waals surface area contributed by atoms with Crippen molar-refractivity contribution in [1.82, 2.24) is 10.3 Å². The van der Waals surface area contributed by atoms with Gasteiger partial charge in [-0.3, -0.25) is 15.0 Å². The molecular weight excluding hydrogens is 246 g/mol. The summed E-state index contributed by atoms with van der Waals surface area (Å²) in [6.45, 7) is 4.78. The number of hydrogen-bond acceptors (Lipinski definition) is 4. The maximum atomic E-state index is 12.0. The topological polar surface area (TPSA) is 88.6 Å². The molecule has 1 fully saturated rings. The zero-order chi connectivity index (χ0) is 14.0. The van der Waals surface area contributed by atoms with E-state index < -0.39 is 0 Å². The van der Waals surface area contributed by atoms with Gasteiger partial charge in [-0.05, 0) is 25.8 Å². The van der Waals surface area contributed by atoms with E-state index in [1.807, 2.05) is 6.92 Å². The maximum absolute atomic E-state index is 12.0. The average molecular weight is 265 g/mol. The van der Waals surface area contributed by atoms with Crippen LogP contribution in [-0.4, -0.2) is 23.3 Å². The molecule has 1 aromatic heterocycles. The molecule has 0 bridgehead atoms. The molecule has 6 heteroatoms. The van der Waals surface area contributed by atoms with Gasteiger partial charge in [0, 0.05) is 12.5 Å².